The topological polar surface area (TPSA) is 77.4 Å². The second kappa shape index (κ2) is 9.59. The second-order valence-electron chi connectivity index (χ2n) is 8.88. The smallest absolute Gasteiger partial charge is 0.328 e. The van der Waals surface area contributed by atoms with Crippen molar-refractivity contribution in [1.29, 1.82) is 0 Å². The average molecular weight is 403 g/mol. The number of fused-ring (bicyclic) bond motifs is 1. The third-order valence-electron chi connectivity index (χ3n) is 6.42. The number of nitrogens with one attached hydrogen (secondary N) is 1. The van der Waals surface area contributed by atoms with Crippen molar-refractivity contribution in [2.75, 3.05) is 7.11 Å². The largest absolute Gasteiger partial charge is 0.467 e. The first-order valence-corrected chi connectivity index (χ1v) is 11.1. The van der Waals surface area contributed by atoms with E-state index < -0.39 is 17.9 Å². The number of rotatable bonds is 6. The molecule has 0 radical (unpaired) electrons. The van der Waals surface area contributed by atoms with E-state index in [0.29, 0.717) is 12.5 Å². The standard InChI is InChI=1S/C23H34N2O4/c1-15(2)20(23(28)29-3)24-21(26)18-13-17-11-7-8-12-19(17)25(22(18)27)14-16-9-5-4-6-10-16/h13,15-16,20H,4-12,14H2,1-3H3,(H,24,26)/t20-/m1/s1. The highest BCUT2D eigenvalue weighted by molar-refractivity contribution is 5.96. The molecular weight excluding hydrogens is 368 g/mol. The summed E-state index contributed by atoms with van der Waals surface area (Å²) in [6.07, 6.45) is 9.96. The molecule has 1 atom stereocenters. The average Bonchev–Trinajstić information content (AvgIpc) is 2.73. The molecule has 1 amide bonds. The minimum absolute atomic E-state index is 0.131. The van der Waals surface area contributed by atoms with E-state index in [1.165, 1.54) is 26.4 Å². The van der Waals surface area contributed by atoms with Gasteiger partial charge in [0.1, 0.15) is 11.6 Å². The Hall–Kier alpha value is -2.11. The van der Waals surface area contributed by atoms with Crippen molar-refractivity contribution in [3.63, 3.8) is 0 Å². The van der Waals surface area contributed by atoms with E-state index in [1.807, 2.05) is 18.4 Å². The quantitative estimate of drug-likeness (QED) is 0.741. The van der Waals surface area contributed by atoms with E-state index in [1.54, 1.807) is 6.07 Å². The van der Waals surface area contributed by atoms with Gasteiger partial charge in [-0.1, -0.05) is 33.1 Å². The summed E-state index contributed by atoms with van der Waals surface area (Å²) in [7, 11) is 1.31. The van der Waals surface area contributed by atoms with Crippen LogP contribution >= 0.6 is 0 Å². The summed E-state index contributed by atoms with van der Waals surface area (Å²) >= 11 is 0. The van der Waals surface area contributed by atoms with E-state index >= 15 is 0 Å². The number of methoxy groups -OCH3 is 1. The Bertz CT molecular complexity index is 806. The van der Waals surface area contributed by atoms with Crippen LogP contribution in [0, 0.1) is 11.8 Å². The Morgan fingerprint density at radius 2 is 1.83 bits per heavy atom. The molecule has 0 unspecified atom stereocenters. The van der Waals surface area contributed by atoms with Gasteiger partial charge in [-0.3, -0.25) is 9.59 Å². The van der Waals surface area contributed by atoms with Gasteiger partial charge in [0.05, 0.1) is 7.11 Å². The highest BCUT2D eigenvalue weighted by atomic mass is 16.5. The van der Waals surface area contributed by atoms with Gasteiger partial charge in [0.15, 0.2) is 0 Å². The molecule has 1 saturated carbocycles. The predicted octanol–water partition coefficient (Wildman–Crippen LogP) is 3.23. The van der Waals surface area contributed by atoms with Crippen LogP contribution in [0.25, 0.3) is 0 Å². The molecule has 1 aromatic rings. The predicted molar refractivity (Wildman–Crippen MR) is 112 cm³/mol. The number of esters is 1. The van der Waals surface area contributed by atoms with Gasteiger partial charge in [0, 0.05) is 12.2 Å². The number of hydrogen-bond donors (Lipinski definition) is 1. The van der Waals surface area contributed by atoms with E-state index in [9.17, 15) is 14.4 Å². The normalized spacial score (nSPS) is 18.2. The molecule has 1 heterocycles. The number of amides is 1. The van der Waals surface area contributed by atoms with Gasteiger partial charge < -0.3 is 14.6 Å². The zero-order valence-electron chi connectivity index (χ0n) is 18.0. The Morgan fingerprint density at radius 3 is 2.48 bits per heavy atom. The molecular formula is C23H34N2O4. The number of hydrogen-bond acceptors (Lipinski definition) is 4. The van der Waals surface area contributed by atoms with Crippen molar-refractivity contribution >= 4 is 11.9 Å². The van der Waals surface area contributed by atoms with Crippen LogP contribution in [0.5, 0.6) is 0 Å². The maximum atomic E-state index is 13.3. The zero-order valence-corrected chi connectivity index (χ0v) is 18.0. The van der Waals surface area contributed by atoms with Gasteiger partial charge >= 0.3 is 5.97 Å². The van der Waals surface area contributed by atoms with Crippen molar-refractivity contribution in [2.24, 2.45) is 11.8 Å². The Kier molecular flexibility index (Phi) is 7.14. The number of carbonyl (C=O) groups is 2. The summed E-state index contributed by atoms with van der Waals surface area (Å²) in [5, 5.41) is 2.74. The number of carbonyl (C=O) groups excluding carboxylic acids is 2. The molecule has 0 aromatic carbocycles. The van der Waals surface area contributed by atoms with Crippen LogP contribution in [-0.2, 0) is 28.9 Å². The fourth-order valence-corrected chi connectivity index (χ4v) is 4.71. The van der Waals surface area contributed by atoms with Crippen LogP contribution in [0.3, 0.4) is 0 Å². The SMILES string of the molecule is COC(=O)[C@H](NC(=O)c1cc2c(n(CC3CCCCC3)c1=O)CCCC2)C(C)C. The first kappa shape index (κ1) is 21.6. The van der Waals surface area contributed by atoms with Gasteiger partial charge in [0.2, 0.25) is 0 Å². The maximum absolute atomic E-state index is 13.3. The number of aryl methyl sites for hydroxylation is 1. The van der Waals surface area contributed by atoms with Gasteiger partial charge in [-0.15, -0.1) is 0 Å². The van der Waals surface area contributed by atoms with Crippen molar-refractivity contribution in [2.45, 2.75) is 84.2 Å². The molecule has 2 aliphatic carbocycles. The summed E-state index contributed by atoms with van der Waals surface area (Å²) in [6.45, 7) is 4.39. The molecule has 6 heteroatoms. The van der Waals surface area contributed by atoms with Crippen LogP contribution in [0.1, 0.15) is 80.4 Å². The highest BCUT2D eigenvalue weighted by Gasteiger charge is 2.28. The third kappa shape index (κ3) is 4.90. The lowest BCUT2D eigenvalue weighted by molar-refractivity contribution is -0.144. The molecule has 2 aliphatic rings. The summed E-state index contributed by atoms with van der Waals surface area (Å²) in [6, 6.07) is 0.993. The van der Waals surface area contributed by atoms with Crippen LogP contribution in [0.15, 0.2) is 10.9 Å². The van der Waals surface area contributed by atoms with Crippen molar-refractivity contribution in [1.82, 2.24) is 9.88 Å². The number of pyridine rings is 1. The van der Waals surface area contributed by atoms with Crippen molar-refractivity contribution in [3.05, 3.63) is 33.2 Å². The Balaban J connectivity index is 1.94. The molecule has 0 spiro atoms. The second-order valence-corrected chi connectivity index (χ2v) is 8.88. The molecule has 0 saturated heterocycles. The molecule has 0 aliphatic heterocycles. The summed E-state index contributed by atoms with van der Waals surface area (Å²) in [4.78, 5) is 38.4. The third-order valence-corrected chi connectivity index (χ3v) is 6.42. The van der Waals surface area contributed by atoms with Gasteiger partial charge in [-0.05, 0) is 62.0 Å². The zero-order chi connectivity index (χ0) is 21.0. The number of nitrogens with zero attached hydrogens (tertiary/aromatic N) is 1. The molecule has 1 N–H and O–H groups in total. The summed E-state index contributed by atoms with van der Waals surface area (Å²) < 4.78 is 6.70. The summed E-state index contributed by atoms with van der Waals surface area (Å²) in [5.74, 6) is -0.600. The van der Waals surface area contributed by atoms with Crippen LogP contribution < -0.4 is 10.9 Å². The lowest BCUT2D eigenvalue weighted by atomic mass is 9.88. The first-order chi connectivity index (χ1) is 13.9. The van der Waals surface area contributed by atoms with Crippen LogP contribution in [0.4, 0.5) is 0 Å². The van der Waals surface area contributed by atoms with Gasteiger partial charge in [-0.25, -0.2) is 4.79 Å². The van der Waals surface area contributed by atoms with E-state index in [0.717, 1.165) is 49.8 Å². The monoisotopic (exact) mass is 402 g/mol. The molecule has 29 heavy (non-hydrogen) atoms. The Labute approximate surface area is 173 Å². The fourth-order valence-electron chi connectivity index (χ4n) is 4.71. The molecule has 3 rings (SSSR count). The lowest BCUT2D eigenvalue weighted by Gasteiger charge is -2.27. The fraction of sp³-hybridized carbons (Fsp3) is 0.696. The highest BCUT2D eigenvalue weighted by Crippen LogP contribution is 2.27. The van der Waals surface area contributed by atoms with E-state index in [4.69, 9.17) is 4.74 Å². The molecule has 160 valence electrons. The van der Waals surface area contributed by atoms with Crippen molar-refractivity contribution in [3.8, 4) is 0 Å². The van der Waals surface area contributed by atoms with E-state index in [-0.39, 0.29) is 17.0 Å². The summed E-state index contributed by atoms with van der Waals surface area (Å²) in [5.41, 5.74) is 2.14. The van der Waals surface area contributed by atoms with Crippen LogP contribution in [0.2, 0.25) is 0 Å². The maximum Gasteiger partial charge on any atom is 0.328 e. The molecule has 0 bridgehead atoms. The minimum atomic E-state index is -0.769. The number of ether oxygens (including phenoxy) is 1. The van der Waals surface area contributed by atoms with Gasteiger partial charge in [-0.2, -0.15) is 0 Å². The van der Waals surface area contributed by atoms with Crippen molar-refractivity contribution < 1.29 is 14.3 Å². The molecule has 6 nitrogen and oxygen atoms in total. The first-order valence-electron chi connectivity index (χ1n) is 11.1. The lowest BCUT2D eigenvalue weighted by Crippen LogP contribution is -2.47. The van der Waals surface area contributed by atoms with Crippen LogP contribution in [-0.4, -0.2) is 29.6 Å². The van der Waals surface area contributed by atoms with Gasteiger partial charge in [0.25, 0.3) is 11.5 Å². The van der Waals surface area contributed by atoms with E-state index in [2.05, 4.69) is 5.32 Å². The number of aromatic nitrogens is 1. The molecule has 1 aromatic heterocycles. The molecule has 1 fully saturated rings. The Morgan fingerprint density at radius 1 is 1.14 bits per heavy atom. The minimum Gasteiger partial charge on any atom is -0.467 e.